The van der Waals surface area contributed by atoms with E-state index in [2.05, 4.69) is 26.5 Å². The van der Waals surface area contributed by atoms with Gasteiger partial charge in [-0.3, -0.25) is 4.79 Å². The number of rotatable bonds is 6. The van der Waals surface area contributed by atoms with E-state index in [9.17, 15) is 15.0 Å². The van der Waals surface area contributed by atoms with Gasteiger partial charge in [0.25, 0.3) is 5.91 Å². The monoisotopic (exact) mass is 470 g/mol. The lowest BCUT2D eigenvalue weighted by molar-refractivity contribution is 0.0956. The van der Waals surface area contributed by atoms with E-state index in [0.29, 0.717) is 34.3 Å². The van der Waals surface area contributed by atoms with Crippen molar-refractivity contribution in [3.8, 4) is 11.5 Å². The number of aromatic nitrogens is 3. The molecule has 0 aliphatic heterocycles. The Morgan fingerprint density at radius 3 is 2.66 bits per heavy atom. The molecule has 2 heterocycles. The average molecular weight is 471 g/mol. The van der Waals surface area contributed by atoms with Crippen molar-refractivity contribution in [1.82, 2.24) is 20.0 Å². The second kappa shape index (κ2) is 9.46. The van der Waals surface area contributed by atoms with Crippen LogP contribution in [-0.4, -0.2) is 43.5 Å². The molecule has 9 heteroatoms. The second-order valence-electron chi connectivity index (χ2n) is 8.56. The fraction of sp³-hybridized carbons (Fsp3) is 0.231. The van der Waals surface area contributed by atoms with Crippen LogP contribution in [0, 0.1) is 0 Å². The van der Waals surface area contributed by atoms with E-state index in [1.54, 1.807) is 6.07 Å². The van der Waals surface area contributed by atoms with Crippen molar-refractivity contribution < 1.29 is 15.0 Å². The molecule has 0 fully saturated rings. The van der Waals surface area contributed by atoms with E-state index in [-0.39, 0.29) is 28.8 Å². The number of allylic oxidation sites excluding steroid dienone is 1. The molecule has 0 saturated heterocycles. The standard InChI is InChI=1S/C26H26N6O3/c27-24-22(26(35)28-13-12-16-6-2-1-3-7-16)23-25(31-19-9-5-4-8-18(19)30-23)32(24)29-15-17-10-11-20(33)21(34)14-17/h4-6,8-11,14-15,33-34H,1-3,7,12-13,27H2,(H,28,35)/b29-15+. The van der Waals surface area contributed by atoms with Gasteiger partial charge in [-0.25, -0.2) is 9.97 Å². The molecule has 9 nitrogen and oxygen atoms in total. The number of anilines is 1. The molecule has 0 unspecified atom stereocenters. The average Bonchev–Trinajstić information content (AvgIpc) is 3.14. The van der Waals surface area contributed by atoms with Gasteiger partial charge >= 0.3 is 0 Å². The van der Waals surface area contributed by atoms with E-state index in [1.807, 2.05) is 24.3 Å². The number of hydrogen-bond acceptors (Lipinski definition) is 7. The van der Waals surface area contributed by atoms with Crippen molar-refractivity contribution in [3.05, 3.63) is 65.2 Å². The number of nitrogens with two attached hydrogens (primary N) is 1. The van der Waals surface area contributed by atoms with Crippen LogP contribution >= 0.6 is 0 Å². The molecule has 0 saturated carbocycles. The van der Waals surface area contributed by atoms with Crippen LogP contribution in [-0.2, 0) is 0 Å². The molecule has 1 amide bonds. The first kappa shape index (κ1) is 22.4. The van der Waals surface area contributed by atoms with Gasteiger partial charge in [0.1, 0.15) is 16.9 Å². The van der Waals surface area contributed by atoms with Gasteiger partial charge < -0.3 is 21.3 Å². The van der Waals surface area contributed by atoms with Gasteiger partial charge in [-0.15, -0.1) is 0 Å². The number of phenolic OH excluding ortho intramolecular Hbond substituents is 2. The van der Waals surface area contributed by atoms with E-state index in [0.717, 1.165) is 19.3 Å². The molecule has 0 radical (unpaired) electrons. The number of carbonyl (C=O) groups is 1. The Balaban J connectivity index is 1.52. The fourth-order valence-electron chi connectivity index (χ4n) is 4.29. The highest BCUT2D eigenvalue weighted by Crippen LogP contribution is 2.29. The summed E-state index contributed by atoms with van der Waals surface area (Å²) in [6, 6.07) is 11.7. The number of para-hydroxylation sites is 2. The number of nitrogens with one attached hydrogen (secondary N) is 1. The molecule has 5 N–H and O–H groups in total. The third-order valence-electron chi connectivity index (χ3n) is 6.14. The maximum Gasteiger partial charge on any atom is 0.257 e. The quantitative estimate of drug-likeness (QED) is 0.190. The van der Waals surface area contributed by atoms with Crippen molar-refractivity contribution in [1.29, 1.82) is 0 Å². The Kier molecular flexibility index (Phi) is 6.05. The predicted octanol–water partition coefficient (Wildman–Crippen LogP) is 4.08. The lowest BCUT2D eigenvalue weighted by atomic mass is 9.97. The third-order valence-corrected chi connectivity index (χ3v) is 6.14. The summed E-state index contributed by atoms with van der Waals surface area (Å²) in [4.78, 5) is 22.6. The Morgan fingerprint density at radius 2 is 1.91 bits per heavy atom. The van der Waals surface area contributed by atoms with Gasteiger partial charge in [-0.2, -0.15) is 9.78 Å². The zero-order valence-corrected chi connectivity index (χ0v) is 19.1. The number of carbonyl (C=O) groups excluding carboxylic acids is 1. The van der Waals surface area contributed by atoms with Crippen molar-refractivity contribution in [2.75, 3.05) is 12.3 Å². The highest BCUT2D eigenvalue weighted by atomic mass is 16.3. The summed E-state index contributed by atoms with van der Waals surface area (Å²) in [5.74, 6) is -0.708. The summed E-state index contributed by atoms with van der Waals surface area (Å²) in [7, 11) is 0. The first-order chi connectivity index (χ1) is 17.0. The molecule has 0 atom stereocenters. The minimum atomic E-state index is -0.329. The van der Waals surface area contributed by atoms with Crippen LogP contribution in [0.5, 0.6) is 11.5 Å². The van der Waals surface area contributed by atoms with E-state index in [4.69, 9.17) is 5.73 Å². The molecule has 2 aromatic carbocycles. The third kappa shape index (κ3) is 4.52. The van der Waals surface area contributed by atoms with E-state index in [1.165, 1.54) is 41.4 Å². The predicted molar refractivity (Wildman–Crippen MR) is 136 cm³/mol. The SMILES string of the molecule is Nc1c(C(=O)NCCC2=CCCCC2)c2nc3ccccc3nc2n1/N=C/c1ccc(O)c(O)c1. The first-order valence-corrected chi connectivity index (χ1v) is 11.6. The number of benzene rings is 2. The van der Waals surface area contributed by atoms with Gasteiger partial charge in [0.05, 0.1) is 17.2 Å². The molecule has 35 heavy (non-hydrogen) atoms. The zero-order chi connectivity index (χ0) is 24.4. The van der Waals surface area contributed by atoms with Crippen LogP contribution < -0.4 is 11.1 Å². The molecule has 4 aromatic rings. The minimum Gasteiger partial charge on any atom is -0.504 e. The Morgan fingerprint density at radius 1 is 1.11 bits per heavy atom. The van der Waals surface area contributed by atoms with Crippen molar-refractivity contribution in [3.63, 3.8) is 0 Å². The number of hydrogen-bond donors (Lipinski definition) is 4. The lowest BCUT2D eigenvalue weighted by Crippen LogP contribution is -2.25. The first-order valence-electron chi connectivity index (χ1n) is 11.6. The van der Waals surface area contributed by atoms with Crippen LogP contribution in [0.25, 0.3) is 22.2 Å². The zero-order valence-electron chi connectivity index (χ0n) is 19.1. The van der Waals surface area contributed by atoms with Crippen molar-refractivity contribution >= 4 is 40.1 Å². The van der Waals surface area contributed by atoms with Crippen LogP contribution in [0.1, 0.15) is 48.0 Å². The van der Waals surface area contributed by atoms with Gasteiger partial charge in [0, 0.05) is 6.54 Å². The molecular formula is C26H26N6O3. The number of nitrogen functional groups attached to an aromatic ring is 1. The summed E-state index contributed by atoms with van der Waals surface area (Å²) in [6.07, 6.45) is 9.13. The van der Waals surface area contributed by atoms with Crippen molar-refractivity contribution in [2.24, 2.45) is 5.10 Å². The Labute approximate surface area is 201 Å². The van der Waals surface area contributed by atoms with Gasteiger partial charge in [-0.1, -0.05) is 23.8 Å². The van der Waals surface area contributed by atoms with E-state index < -0.39 is 0 Å². The topological polar surface area (TPSA) is 139 Å². The molecule has 0 spiro atoms. The molecule has 5 rings (SSSR count). The highest BCUT2D eigenvalue weighted by Gasteiger charge is 2.24. The Hall–Kier alpha value is -4.40. The number of phenols is 2. The maximum absolute atomic E-state index is 13.2. The van der Waals surface area contributed by atoms with Crippen molar-refractivity contribution in [2.45, 2.75) is 32.1 Å². The molecule has 1 aliphatic carbocycles. The summed E-state index contributed by atoms with van der Waals surface area (Å²) < 4.78 is 1.37. The summed E-state index contributed by atoms with van der Waals surface area (Å²) in [5.41, 5.74) is 10.5. The normalized spacial score (nSPS) is 14.0. The number of fused-ring (bicyclic) bond motifs is 2. The van der Waals surface area contributed by atoms with E-state index >= 15 is 0 Å². The fourth-order valence-corrected chi connectivity index (χ4v) is 4.29. The molecule has 2 aromatic heterocycles. The maximum atomic E-state index is 13.2. The molecule has 178 valence electrons. The second-order valence-corrected chi connectivity index (χ2v) is 8.56. The summed E-state index contributed by atoms with van der Waals surface area (Å²) in [6.45, 7) is 0.508. The minimum absolute atomic E-state index is 0.115. The molecule has 0 bridgehead atoms. The van der Waals surface area contributed by atoms with Crippen LogP contribution in [0.4, 0.5) is 5.82 Å². The van der Waals surface area contributed by atoms with Crippen LogP contribution in [0.3, 0.4) is 0 Å². The van der Waals surface area contributed by atoms with Gasteiger partial charge in [0.15, 0.2) is 17.1 Å². The Bertz CT molecular complexity index is 1490. The number of amides is 1. The number of nitrogens with zero attached hydrogens (tertiary/aromatic N) is 4. The summed E-state index contributed by atoms with van der Waals surface area (Å²) >= 11 is 0. The molecular weight excluding hydrogens is 444 g/mol. The molecule has 1 aliphatic rings. The van der Waals surface area contributed by atoms with Gasteiger partial charge in [0.2, 0.25) is 0 Å². The van der Waals surface area contributed by atoms with Crippen LogP contribution in [0.15, 0.2) is 59.2 Å². The number of aromatic hydroxyl groups is 2. The summed E-state index contributed by atoms with van der Waals surface area (Å²) in [5, 5.41) is 26.7. The van der Waals surface area contributed by atoms with Gasteiger partial charge in [-0.05, 0) is 68.0 Å². The smallest absolute Gasteiger partial charge is 0.257 e. The van der Waals surface area contributed by atoms with Crippen LogP contribution in [0.2, 0.25) is 0 Å². The lowest BCUT2D eigenvalue weighted by Gasteiger charge is -2.12. The highest BCUT2D eigenvalue weighted by molar-refractivity contribution is 6.10. The largest absolute Gasteiger partial charge is 0.504 e.